The van der Waals surface area contributed by atoms with Crippen molar-refractivity contribution in [2.24, 2.45) is 0 Å². The first kappa shape index (κ1) is 9.42. The van der Waals surface area contributed by atoms with Crippen molar-refractivity contribution in [2.45, 2.75) is 5.22 Å². The minimum atomic E-state index is -4.05. The Morgan fingerprint density at radius 1 is 1.43 bits per heavy atom. The highest BCUT2D eigenvalue weighted by Gasteiger charge is 2.19. The quantitative estimate of drug-likeness (QED) is 0.709. The lowest BCUT2D eigenvalue weighted by Gasteiger charge is -1.85. The number of nitrogens with zero attached hydrogens (tertiary/aromatic N) is 1. The summed E-state index contributed by atoms with van der Waals surface area (Å²) in [5.74, 6) is -0.655. The van der Waals surface area contributed by atoms with Crippen molar-refractivity contribution in [1.29, 1.82) is 0 Å². The van der Waals surface area contributed by atoms with Gasteiger partial charge in [0.1, 0.15) is 5.52 Å². The molecule has 0 unspecified atom stereocenters. The highest BCUT2D eigenvalue weighted by atomic mass is 35.7. The van der Waals surface area contributed by atoms with Crippen LogP contribution in [-0.4, -0.2) is 13.4 Å². The molecule has 0 aliphatic rings. The summed E-state index contributed by atoms with van der Waals surface area (Å²) in [5.41, 5.74) is -0.101. The third-order valence-corrected chi connectivity index (χ3v) is 2.55. The first-order valence-corrected chi connectivity index (χ1v) is 5.79. The van der Waals surface area contributed by atoms with Crippen LogP contribution in [0.15, 0.2) is 27.8 Å². The molecule has 0 saturated carbocycles. The molecule has 1 heterocycles. The Balaban J connectivity index is 2.81. The van der Waals surface area contributed by atoms with Crippen molar-refractivity contribution in [3.8, 4) is 0 Å². The highest BCUT2D eigenvalue weighted by molar-refractivity contribution is 8.13. The van der Waals surface area contributed by atoms with Crippen LogP contribution in [0.1, 0.15) is 0 Å². The smallest absolute Gasteiger partial charge is 0.332 e. The van der Waals surface area contributed by atoms with Gasteiger partial charge in [0.25, 0.3) is 0 Å². The number of halogens is 2. The summed E-state index contributed by atoms with van der Waals surface area (Å²) >= 11 is 0. The number of rotatable bonds is 1. The van der Waals surface area contributed by atoms with Crippen molar-refractivity contribution in [3.63, 3.8) is 0 Å². The molecule has 0 atom stereocenters. The lowest BCUT2D eigenvalue weighted by Crippen LogP contribution is -1.89. The maximum atomic E-state index is 13.0. The normalized spacial score (nSPS) is 12.1. The van der Waals surface area contributed by atoms with Crippen LogP contribution in [0.5, 0.6) is 0 Å². The summed E-state index contributed by atoms with van der Waals surface area (Å²) in [6, 6.07) is 3.93. The number of para-hydroxylation sites is 1. The molecule has 1 aromatic carbocycles. The molecule has 4 nitrogen and oxygen atoms in total. The fourth-order valence-corrected chi connectivity index (χ4v) is 1.59. The zero-order valence-corrected chi connectivity index (χ0v) is 8.14. The summed E-state index contributed by atoms with van der Waals surface area (Å²) in [5, 5.41) is -0.695. The van der Waals surface area contributed by atoms with Gasteiger partial charge < -0.3 is 4.42 Å². The molecule has 0 spiro atoms. The van der Waals surface area contributed by atoms with Gasteiger partial charge in [0.05, 0.1) is 0 Å². The van der Waals surface area contributed by atoms with Crippen LogP contribution in [0, 0.1) is 5.82 Å². The molecule has 0 amide bonds. The third-order valence-electron chi connectivity index (χ3n) is 1.56. The summed E-state index contributed by atoms with van der Waals surface area (Å²) in [6.07, 6.45) is 0. The molecular weight excluding hydrogens is 233 g/mol. The van der Waals surface area contributed by atoms with Crippen LogP contribution < -0.4 is 0 Å². The van der Waals surface area contributed by atoms with E-state index in [1.165, 1.54) is 12.1 Å². The standard InChI is InChI=1S/C7H3ClFNO3S/c8-14(11,12)7-10-6-4(9)2-1-3-5(6)13-7/h1-3H. The zero-order valence-electron chi connectivity index (χ0n) is 6.57. The minimum Gasteiger partial charge on any atom is -0.427 e. The van der Waals surface area contributed by atoms with Crippen LogP contribution in [0.3, 0.4) is 0 Å². The number of hydrogen-bond donors (Lipinski definition) is 0. The predicted octanol–water partition coefficient (Wildman–Crippen LogP) is 1.89. The van der Waals surface area contributed by atoms with Gasteiger partial charge in [0, 0.05) is 10.7 Å². The van der Waals surface area contributed by atoms with E-state index in [2.05, 4.69) is 4.98 Å². The van der Waals surface area contributed by atoms with Crippen molar-refractivity contribution < 1.29 is 17.2 Å². The fraction of sp³-hybridized carbons (Fsp3) is 0. The maximum absolute atomic E-state index is 13.0. The lowest BCUT2D eigenvalue weighted by molar-refractivity contribution is 0.464. The number of oxazole rings is 1. The van der Waals surface area contributed by atoms with Crippen LogP contribution in [0.25, 0.3) is 11.1 Å². The topological polar surface area (TPSA) is 60.2 Å². The van der Waals surface area contributed by atoms with Gasteiger partial charge in [-0.25, -0.2) is 12.8 Å². The van der Waals surface area contributed by atoms with Gasteiger partial charge in [0.15, 0.2) is 11.4 Å². The van der Waals surface area contributed by atoms with Gasteiger partial charge in [-0.1, -0.05) is 6.07 Å². The van der Waals surface area contributed by atoms with E-state index in [4.69, 9.17) is 15.1 Å². The van der Waals surface area contributed by atoms with Gasteiger partial charge >= 0.3 is 14.3 Å². The fourth-order valence-electron chi connectivity index (χ4n) is 0.999. The summed E-state index contributed by atoms with van der Waals surface area (Å²) in [7, 11) is 0.922. The Morgan fingerprint density at radius 3 is 2.71 bits per heavy atom. The van der Waals surface area contributed by atoms with E-state index in [0.717, 1.165) is 6.07 Å². The third kappa shape index (κ3) is 1.46. The molecule has 0 aliphatic heterocycles. The first-order chi connectivity index (χ1) is 6.48. The van der Waals surface area contributed by atoms with E-state index in [9.17, 15) is 12.8 Å². The van der Waals surface area contributed by atoms with Crippen molar-refractivity contribution in [2.75, 3.05) is 0 Å². The van der Waals surface area contributed by atoms with Crippen LogP contribution in [0.2, 0.25) is 0 Å². The molecule has 0 N–H and O–H groups in total. The summed E-state index contributed by atoms with van der Waals surface area (Å²) < 4.78 is 39.4. The Hall–Kier alpha value is -1.14. The average Bonchev–Trinajstić information content (AvgIpc) is 2.48. The molecule has 74 valence electrons. The lowest BCUT2D eigenvalue weighted by atomic mass is 10.3. The molecule has 0 saturated heterocycles. The monoisotopic (exact) mass is 235 g/mol. The molecule has 1 aromatic heterocycles. The van der Waals surface area contributed by atoms with Gasteiger partial charge in [-0.3, -0.25) is 0 Å². The van der Waals surface area contributed by atoms with Crippen LogP contribution >= 0.6 is 10.7 Å². The van der Waals surface area contributed by atoms with E-state index < -0.39 is 20.1 Å². The second-order valence-electron chi connectivity index (χ2n) is 2.50. The molecule has 0 fully saturated rings. The van der Waals surface area contributed by atoms with Gasteiger partial charge in [-0.15, -0.1) is 0 Å². The van der Waals surface area contributed by atoms with Crippen molar-refractivity contribution in [1.82, 2.24) is 4.98 Å². The predicted molar refractivity (Wildman–Crippen MR) is 47.0 cm³/mol. The molecule has 2 rings (SSSR count). The summed E-state index contributed by atoms with van der Waals surface area (Å²) in [6.45, 7) is 0. The largest absolute Gasteiger partial charge is 0.427 e. The Labute approximate surface area is 82.7 Å². The number of aromatic nitrogens is 1. The molecule has 2 aromatic rings. The molecule has 14 heavy (non-hydrogen) atoms. The SMILES string of the molecule is O=S(=O)(Cl)c1nc2c(F)cccc2o1. The van der Waals surface area contributed by atoms with Crippen molar-refractivity contribution in [3.05, 3.63) is 24.0 Å². The molecule has 0 bridgehead atoms. The average molecular weight is 236 g/mol. The van der Waals surface area contributed by atoms with E-state index in [0.29, 0.717) is 0 Å². The number of fused-ring (bicyclic) bond motifs is 1. The van der Waals surface area contributed by atoms with Gasteiger partial charge in [-0.2, -0.15) is 4.98 Å². The molecule has 0 aliphatic carbocycles. The Kier molecular flexibility index (Phi) is 1.97. The first-order valence-electron chi connectivity index (χ1n) is 3.48. The zero-order chi connectivity index (χ0) is 10.3. The maximum Gasteiger partial charge on any atom is 0.332 e. The van der Waals surface area contributed by atoms with Crippen molar-refractivity contribution >= 4 is 30.8 Å². The Bertz CT molecular complexity index is 592. The van der Waals surface area contributed by atoms with Gasteiger partial charge in [-0.05, 0) is 12.1 Å². The van der Waals surface area contributed by atoms with E-state index in [1.54, 1.807) is 0 Å². The second kappa shape index (κ2) is 2.93. The minimum absolute atomic E-state index is 0.0456. The molecule has 0 radical (unpaired) electrons. The molecule has 7 heteroatoms. The second-order valence-corrected chi connectivity index (χ2v) is 4.95. The van der Waals surface area contributed by atoms with Crippen LogP contribution in [0.4, 0.5) is 4.39 Å². The number of hydrogen-bond acceptors (Lipinski definition) is 4. The van der Waals surface area contributed by atoms with E-state index >= 15 is 0 Å². The van der Waals surface area contributed by atoms with E-state index in [-0.39, 0.29) is 11.1 Å². The number of benzene rings is 1. The van der Waals surface area contributed by atoms with E-state index in [1.807, 2.05) is 0 Å². The Morgan fingerprint density at radius 2 is 2.14 bits per heavy atom. The van der Waals surface area contributed by atoms with Crippen LogP contribution in [-0.2, 0) is 9.05 Å². The molecular formula is C7H3ClFNO3S. The van der Waals surface area contributed by atoms with Gasteiger partial charge in [0.2, 0.25) is 0 Å². The summed E-state index contributed by atoms with van der Waals surface area (Å²) in [4.78, 5) is 3.42. The highest BCUT2D eigenvalue weighted by Crippen LogP contribution is 2.22.